The average molecular weight is 552 g/mol. The molecule has 41 heavy (non-hydrogen) atoms. The molecule has 0 bridgehead atoms. The van der Waals surface area contributed by atoms with Crippen molar-refractivity contribution in [3.8, 4) is 6.01 Å². The molecule has 212 valence electrons. The second kappa shape index (κ2) is 11.8. The largest absolute Gasteiger partial charge is 0.462 e. The molecule has 1 unspecified atom stereocenters. The van der Waals surface area contributed by atoms with Crippen molar-refractivity contribution >= 4 is 28.2 Å². The van der Waals surface area contributed by atoms with Gasteiger partial charge in [0, 0.05) is 48.9 Å². The highest BCUT2D eigenvalue weighted by Gasteiger charge is 2.35. The number of anilines is 2. The summed E-state index contributed by atoms with van der Waals surface area (Å²) in [5, 5.41) is 2.46. The Morgan fingerprint density at radius 2 is 1.95 bits per heavy atom. The van der Waals surface area contributed by atoms with Crippen LogP contribution in [0.3, 0.4) is 0 Å². The summed E-state index contributed by atoms with van der Waals surface area (Å²) in [6.45, 7) is 16.3. The third kappa shape index (κ3) is 5.44. The average Bonchev–Trinajstić information content (AvgIpc) is 3.43. The molecule has 9 nitrogen and oxygen atoms in total. The van der Waals surface area contributed by atoms with Crippen molar-refractivity contribution in [2.45, 2.75) is 37.9 Å². The molecule has 3 aliphatic rings. The van der Waals surface area contributed by atoms with E-state index >= 15 is 0 Å². The topological polar surface area (TPSA) is 69.4 Å². The van der Waals surface area contributed by atoms with Crippen LogP contribution >= 0.6 is 0 Å². The fraction of sp³-hybridized carbons (Fsp3) is 0.438. The Balaban J connectivity index is 1.33. The second-order valence-electron chi connectivity index (χ2n) is 11.2. The molecule has 2 atom stereocenters. The third-order valence-electron chi connectivity index (χ3n) is 8.75. The number of aromatic nitrogens is 2. The number of carbonyl (C=O) groups excluding carboxylic acids is 1. The Kier molecular flexibility index (Phi) is 7.75. The highest BCUT2D eigenvalue weighted by atomic mass is 16.5. The van der Waals surface area contributed by atoms with Crippen LogP contribution in [0.5, 0.6) is 6.01 Å². The van der Waals surface area contributed by atoms with Gasteiger partial charge >= 0.3 is 6.01 Å². The van der Waals surface area contributed by atoms with Gasteiger partial charge in [0.2, 0.25) is 12.5 Å². The van der Waals surface area contributed by atoms with Crippen molar-refractivity contribution in [1.82, 2.24) is 19.8 Å². The SMILES string of the molecule is [C-]#[N+]CC1CN(c2nc(OC[C@H]3CCCN3C)nc3c2CCN(c2cccc4ccccc24)C3)CCN1C(=O)C=C. The van der Waals surface area contributed by atoms with Crippen molar-refractivity contribution in [1.29, 1.82) is 0 Å². The maximum Gasteiger partial charge on any atom is 0.318 e. The van der Waals surface area contributed by atoms with Crippen LogP contribution in [0.4, 0.5) is 11.5 Å². The van der Waals surface area contributed by atoms with Crippen LogP contribution in [0.15, 0.2) is 55.1 Å². The van der Waals surface area contributed by atoms with Gasteiger partial charge in [-0.05, 0) is 50.4 Å². The van der Waals surface area contributed by atoms with Crippen LogP contribution < -0.4 is 14.5 Å². The summed E-state index contributed by atoms with van der Waals surface area (Å²) in [4.78, 5) is 34.8. The van der Waals surface area contributed by atoms with E-state index in [-0.39, 0.29) is 18.5 Å². The fourth-order valence-corrected chi connectivity index (χ4v) is 6.48. The van der Waals surface area contributed by atoms with E-state index in [9.17, 15) is 4.79 Å². The first-order valence-electron chi connectivity index (χ1n) is 14.5. The van der Waals surface area contributed by atoms with E-state index < -0.39 is 0 Å². The number of amides is 1. The maximum atomic E-state index is 12.5. The third-order valence-corrected chi connectivity index (χ3v) is 8.75. The zero-order chi connectivity index (χ0) is 28.3. The van der Waals surface area contributed by atoms with Crippen LogP contribution in [-0.2, 0) is 17.8 Å². The van der Waals surface area contributed by atoms with Crippen LogP contribution in [-0.4, -0.2) is 90.7 Å². The number of carbonyl (C=O) groups is 1. The van der Waals surface area contributed by atoms with Crippen molar-refractivity contribution in [2.75, 3.05) is 62.7 Å². The predicted octanol–water partition coefficient (Wildman–Crippen LogP) is 3.79. The van der Waals surface area contributed by atoms with Crippen LogP contribution in [0.1, 0.15) is 24.1 Å². The number of hydrogen-bond donors (Lipinski definition) is 0. The van der Waals surface area contributed by atoms with E-state index in [1.54, 1.807) is 4.90 Å². The Morgan fingerprint density at radius 3 is 2.76 bits per heavy atom. The number of piperazine rings is 1. The van der Waals surface area contributed by atoms with E-state index in [0.29, 0.717) is 44.8 Å². The molecular formula is C32H37N7O2. The van der Waals surface area contributed by atoms with Gasteiger partial charge in [0.25, 0.3) is 0 Å². The number of ether oxygens (including phenoxy) is 1. The molecule has 0 N–H and O–H groups in total. The van der Waals surface area contributed by atoms with E-state index in [4.69, 9.17) is 21.3 Å². The Hall–Kier alpha value is -4.16. The summed E-state index contributed by atoms with van der Waals surface area (Å²) in [6, 6.07) is 15.5. The number of benzene rings is 2. The first-order valence-corrected chi connectivity index (χ1v) is 14.5. The van der Waals surface area contributed by atoms with Gasteiger partial charge in [-0.15, -0.1) is 0 Å². The summed E-state index contributed by atoms with van der Waals surface area (Å²) in [5.41, 5.74) is 3.32. The van der Waals surface area contributed by atoms with Crippen molar-refractivity contribution in [2.24, 2.45) is 0 Å². The van der Waals surface area contributed by atoms with E-state index in [1.807, 2.05) is 0 Å². The molecule has 9 heteroatoms. The standard InChI is InChI=1S/C32H37N7O2/c1-4-30(40)39-18-17-38(20-25(39)19-33-2)31-27-14-16-37(29-13-7-10-23-9-5-6-12-26(23)29)21-28(27)34-32(35-31)41-22-24-11-8-15-36(24)3/h4-7,9-10,12-13,24-25H,1,8,11,14-22H2,3H3/t24-,25?/m1/s1. The molecule has 4 heterocycles. The van der Waals surface area contributed by atoms with Gasteiger partial charge in [0.15, 0.2) is 0 Å². The molecule has 2 aromatic carbocycles. The van der Waals surface area contributed by atoms with E-state index in [2.05, 4.69) is 75.6 Å². The van der Waals surface area contributed by atoms with Crippen LogP contribution in [0.25, 0.3) is 15.6 Å². The van der Waals surface area contributed by atoms with Gasteiger partial charge in [-0.1, -0.05) is 43.0 Å². The molecule has 3 aliphatic heterocycles. The maximum absolute atomic E-state index is 12.5. The molecule has 0 saturated carbocycles. The molecule has 0 spiro atoms. The number of likely N-dealkylation sites (tertiary alicyclic amines) is 1. The van der Waals surface area contributed by atoms with Gasteiger partial charge in [-0.25, -0.2) is 6.57 Å². The van der Waals surface area contributed by atoms with Gasteiger partial charge < -0.3 is 29.2 Å². The Labute approximate surface area is 241 Å². The van der Waals surface area contributed by atoms with Crippen molar-refractivity contribution in [3.05, 3.63) is 77.8 Å². The minimum absolute atomic E-state index is 0.126. The molecule has 0 radical (unpaired) electrons. The molecule has 0 aliphatic carbocycles. The molecule has 6 rings (SSSR count). The zero-order valence-electron chi connectivity index (χ0n) is 23.7. The molecule has 1 amide bonds. The summed E-state index contributed by atoms with van der Waals surface area (Å²) >= 11 is 0. The molecular weight excluding hydrogens is 514 g/mol. The number of likely N-dealkylation sites (N-methyl/N-ethyl adjacent to an activating group) is 1. The van der Waals surface area contributed by atoms with E-state index in [1.165, 1.54) is 29.0 Å². The summed E-state index contributed by atoms with van der Waals surface area (Å²) < 4.78 is 6.28. The molecule has 2 saturated heterocycles. The number of nitrogens with zero attached hydrogens (tertiary/aromatic N) is 7. The number of fused-ring (bicyclic) bond motifs is 2. The number of hydrogen-bond acceptors (Lipinski definition) is 7. The first kappa shape index (κ1) is 27.0. The van der Waals surface area contributed by atoms with Crippen LogP contribution in [0.2, 0.25) is 0 Å². The zero-order valence-corrected chi connectivity index (χ0v) is 23.7. The van der Waals surface area contributed by atoms with Crippen molar-refractivity contribution in [3.63, 3.8) is 0 Å². The quantitative estimate of drug-likeness (QED) is 0.327. The molecule has 2 fully saturated rings. The van der Waals surface area contributed by atoms with E-state index in [0.717, 1.165) is 43.0 Å². The Bertz CT molecular complexity index is 1480. The summed E-state index contributed by atoms with van der Waals surface area (Å²) in [7, 11) is 2.14. The number of rotatable bonds is 7. The highest BCUT2D eigenvalue weighted by molar-refractivity contribution is 5.94. The van der Waals surface area contributed by atoms with Gasteiger partial charge in [-0.3, -0.25) is 4.79 Å². The first-order chi connectivity index (χ1) is 20.1. The lowest BCUT2D eigenvalue weighted by atomic mass is 10.0. The smallest absolute Gasteiger partial charge is 0.318 e. The predicted molar refractivity (Wildman–Crippen MR) is 161 cm³/mol. The Morgan fingerprint density at radius 1 is 1.10 bits per heavy atom. The monoisotopic (exact) mass is 551 g/mol. The van der Waals surface area contributed by atoms with Crippen LogP contribution in [0, 0.1) is 6.57 Å². The van der Waals surface area contributed by atoms with Gasteiger partial charge in [0.1, 0.15) is 18.5 Å². The fourth-order valence-electron chi connectivity index (χ4n) is 6.48. The van der Waals surface area contributed by atoms with Gasteiger partial charge in [0.05, 0.1) is 12.2 Å². The van der Waals surface area contributed by atoms with Gasteiger partial charge in [-0.2, -0.15) is 9.97 Å². The minimum Gasteiger partial charge on any atom is -0.462 e. The summed E-state index contributed by atoms with van der Waals surface area (Å²) in [6.07, 6.45) is 4.43. The second-order valence-corrected chi connectivity index (χ2v) is 11.2. The lowest BCUT2D eigenvalue weighted by molar-refractivity contribution is -0.128. The molecule has 3 aromatic rings. The normalized spacial score (nSPS) is 21.0. The lowest BCUT2D eigenvalue weighted by Crippen LogP contribution is -2.56. The highest BCUT2D eigenvalue weighted by Crippen LogP contribution is 2.35. The summed E-state index contributed by atoms with van der Waals surface area (Å²) in [5.74, 6) is 0.751. The lowest BCUT2D eigenvalue weighted by Gasteiger charge is -2.41. The van der Waals surface area contributed by atoms with Crippen molar-refractivity contribution < 1.29 is 9.53 Å². The minimum atomic E-state index is -0.218. The molecule has 1 aromatic heterocycles.